The van der Waals surface area contributed by atoms with Crippen LogP contribution < -0.4 is 15.0 Å². The first-order chi connectivity index (χ1) is 14.3. The van der Waals surface area contributed by atoms with Crippen molar-refractivity contribution >= 4 is 28.6 Å². The molecule has 10 heteroatoms. The van der Waals surface area contributed by atoms with E-state index in [0.29, 0.717) is 25.6 Å². The largest absolute Gasteiger partial charge is 0.472 e. The fraction of sp³-hybridized carbons (Fsp3) is 0.526. The number of anilines is 1. The molecule has 0 aliphatic carbocycles. The highest BCUT2D eigenvalue weighted by Gasteiger charge is 2.20. The lowest BCUT2D eigenvalue weighted by molar-refractivity contribution is 0.103. The zero-order valence-electron chi connectivity index (χ0n) is 16.2. The minimum absolute atomic E-state index is 0.182. The first-order valence-electron chi connectivity index (χ1n) is 9.88. The monoisotopic (exact) mass is 418 g/mol. The number of fused-ring (bicyclic) bond motifs is 1. The van der Waals surface area contributed by atoms with E-state index in [2.05, 4.69) is 34.6 Å². The first-order valence-corrected chi connectivity index (χ1v) is 10.6. The summed E-state index contributed by atoms with van der Waals surface area (Å²) in [4.78, 5) is 6.50. The fourth-order valence-electron chi connectivity index (χ4n) is 3.30. The molecule has 0 bridgehead atoms. The van der Waals surface area contributed by atoms with Crippen molar-refractivity contribution in [2.24, 2.45) is 0 Å². The van der Waals surface area contributed by atoms with Crippen LogP contribution in [0.15, 0.2) is 30.6 Å². The molecule has 1 saturated heterocycles. The van der Waals surface area contributed by atoms with Crippen molar-refractivity contribution in [3.05, 3.63) is 30.6 Å². The van der Waals surface area contributed by atoms with Gasteiger partial charge in [0.1, 0.15) is 12.7 Å². The molecule has 0 saturated carbocycles. The van der Waals surface area contributed by atoms with Crippen LogP contribution >= 0.6 is 11.7 Å². The normalized spacial score (nSPS) is 15.7. The molecule has 1 atom stereocenters. The Bertz CT molecular complexity index is 895. The third kappa shape index (κ3) is 5.21. The zero-order valence-corrected chi connectivity index (χ0v) is 17.1. The fourth-order valence-corrected chi connectivity index (χ4v) is 3.82. The van der Waals surface area contributed by atoms with Crippen molar-refractivity contribution in [2.45, 2.75) is 19.1 Å². The van der Waals surface area contributed by atoms with Gasteiger partial charge in [0.25, 0.3) is 5.88 Å². The van der Waals surface area contributed by atoms with Crippen molar-refractivity contribution in [2.75, 3.05) is 50.9 Å². The molecule has 2 aromatic heterocycles. The van der Waals surface area contributed by atoms with Crippen LogP contribution in [-0.2, 0) is 11.3 Å². The number of hydrogen-bond donors (Lipinski definition) is 2. The van der Waals surface area contributed by atoms with Crippen molar-refractivity contribution in [1.29, 1.82) is 0 Å². The number of imidazole rings is 1. The van der Waals surface area contributed by atoms with Gasteiger partial charge in [0, 0.05) is 26.2 Å². The first kappa shape index (κ1) is 20.0. The minimum atomic E-state index is -0.608. The maximum Gasteiger partial charge on any atom is 0.270 e. The lowest BCUT2D eigenvalue weighted by atomic mass is 10.3. The number of para-hydroxylation sites is 2. The minimum Gasteiger partial charge on any atom is -0.472 e. The van der Waals surface area contributed by atoms with Crippen LogP contribution in [0.25, 0.3) is 11.0 Å². The zero-order chi connectivity index (χ0) is 19.9. The molecule has 156 valence electrons. The summed E-state index contributed by atoms with van der Waals surface area (Å²) >= 11 is 1.12. The number of ether oxygens (including phenoxy) is 2. The lowest BCUT2D eigenvalue weighted by Crippen LogP contribution is -2.37. The molecule has 9 nitrogen and oxygen atoms in total. The summed E-state index contributed by atoms with van der Waals surface area (Å²) in [6, 6.07) is 8.12. The topological polar surface area (TPSA) is 97.6 Å². The number of benzene rings is 1. The average Bonchev–Trinajstić information content (AvgIpc) is 3.40. The van der Waals surface area contributed by atoms with Crippen molar-refractivity contribution in [1.82, 2.24) is 23.6 Å². The summed E-state index contributed by atoms with van der Waals surface area (Å²) in [5.41, 5.74) is 2.16. The molecular formula is C19H26N6O3S. The summed E-state index contributed by atoms with van der Waals surface area (Å²) in [5, 5.41) is 13.5. The van der Waals surface area contributed by atoms with Crippen LogP contribution in [0.3, 0.4) is 0 Å². The van der Waals surface area contributed by atoms with Gasteiger partial charge in [-0.1, -0.05) is 12.1 Å². The second-order valence-corrected chi connectivity index (χ2v) is 7.47. The van der Waals surface area contributed by atoms with Gasteiger partial charge in [-0.15, -0.1) is 4.37 Å². The van der Waals surface area contributed by atoms with Crippen LogP contribution in [0.5, 0.6) is 5.88 Å². The summed E-state index contributed by atoms with van der Waals surface area (Å²) in [6.45, 7) is 5.25. The van der Waals surface area contributed by atoms with Crippen LogP contribution in [0.2, 0.25) is 0 Å². The number of aliphatic hydroxyl groups is 1. The molecule has 0 radical (unpaired) electrons. The Kier molecular flexibility index (Phi) is 6.88. The molecule has 1 unspecified atom stereocenters. The third-order valence-electron chi connectivity index (χ3n) is 4.83. The second kappa shape index (κ2) is 9.97. The summed E-state index contributed by atoms with van der Waals surface area (Å²) in [5.74, 6) is 1.23. The number of aryl methyl sites for hydroxylation is 1. The smallest absolute Gasteiger partial charge is 0.270 e. The van der Waals surface area contributed by atoms with Gasteiger partial charge in [-0.3, -0.25) is 0 Å². The molecule has 1 aliphatic heterocycles. The van der Waals surface area contributed by atoms with Gasteiger partial charge >= 0.3 is 0 Å². The van der Waals surface area contributed by atoms with Gasteiger partial charge in [-0.05, 0) is 25.1 Å². The number of hydrogen-bond acceptors (Lipinski definition) is 9. The predicted octanol–water partition coefficient (Wildman–Crippen LogP) is 1.14. The van der Waals surface area contributed by atoms with Crippen molar-refractivity contribution < 1.29 is 14.6 Å². The molecule has 3 aromatic rings. The molecule has 1 fully saturated rings. The Morgan fingerprint density at radius 3 is 3.00 bits per heavy atom. The van der Waals surface area contributed by atoms with E-state index in [1.807, 2.05) is 24.5 Å². The molecule has 1 aliphatic rings. The maximum absolute atomic E-state index is 10.2. The Balaban J connectivity index is 1.15. The van der Waals surface area contributed by atoms with E-state index in [1.54, 1.807) is 0 Å². The van der Waals surface area contributed by atoms with E-state index >= 15 is 0 Å². The van der Waals surface area contributed by atoms with Gasteiger partial charge in [0.15, 0.2) is 0 Å². The van der Waals surface area contributed by atoms with Gasteiger partial charge in [-0.2, -0.15) is 4.37 Å². The Labute approximate surface area is 173 Å². The van der Waals surface area contributed by atoms with E-state index in [9.17, 15) is 5.11 Å². The third-order valence-corrected chi connectivity index (χ3v) is 5.33. The Morgan fingerprint density at radius 2 is 2.10 bits per heavy atom. The quantitative estimate of drug-likeness (QED) is 0.473. The highest BCUT2D eigenvalue weighted by molar-refractivity contribution is 6.99. The van der Waals surface area contributed by atoms with Crippen molar-refractivity contribution in [3.63, 3.8) is 0 Å². The Morgan fingerprint density at radius 1 is 1.24 bits per heavy atom. The summed E-state index contributed by atoms with van der Waals surface area (Å²) < 4.78 is 21.8. The molecule has 3 heterocycles. The van der Waals surface area contributed by atoms with E-state index in [1.165, 1.54) is 0 Å². The molecule has 0 amide bonds. The number of nitrogens with one attached hydrogen (secondary N) is 1. The Hall–Kier alpha value is -2.27. The van der Waals surface area contributed by atoms with Crippen LogP contribution in [0, 0.1) is 0 Å². The highest BCUT2D eigenvalue weighted by atomic mass is 32.1. The summed E-state index contributed by atoms with van der Waals surface area (Å²) in [6.07, 6.45) is 2.22. The molecule has 2 N–H and O–H groups in total. The lowest BCUT2D eigenvalue weighted by Gasteiger charge is -2.26. The number of morpholine rings is 1. The number of rotatable bonds is 10. The number of aromatic nitrogens is 4. The van der Waals surface area contributed by atoms with Gasteiger partial charge in [0.2, 0.25) is 5.82 Å². The summed E-state index contributed by atoms with van der Waals surface area (Å²) in [7, 11) is 0. The predicted molar refractivity (Wildman–Crippen MR) is 112 cm³/mol. The molecule has 0 spiro atoms. The molecule has 4 rings (SSSR count). The van der Waals surface area contributed by atoms with Crippen LogP contribution in [-0.4, -0.2) is 75.5 Å². The average molecular weight is 419 g/mol. The van der Waals surface area contributed by atoms with Gasteiger partial charge in [-0.25, -0.2) is 4.98 Å². The van der Waals surface area contributed by atoms with Crippen LogP contribution in [0.1, 0.15) is 6.42 Å². The van der Waals surface area contributed by atoms with Gasteiger partial charge in [0.05, 0.1) is 42.3 Å². The van der Waals surface area contributed by atoms with E-state index < -0.39 is 6.10 Å². The van der Waals surface area contributed by atoms with Crippen molar-refractivity contribution in [3.8, 4) is 5.88 Å². The number of aliphatic hydroxyl groups excluding tert-OH is 1. The molecular weight excluding hydrogens is 392 g/mol. The number of nitrogens with zero attached hydrogens (tertiary/aromatic N) is 5. The van der Waals surface area contributed by atoms with E-state index in [4.69, 9.17) is 9.47 Å². The SMILES string of the molecule is OC(CNCCCn1cnc2ccccc21)COc1nsnc1N1CCOCC1. The van der Waals surface area contributed by atoms with E-state index in [-0.39, 0.29) is 6.61 Å². The van der Waals surface area contributed by atoms with E-state index in [0.717, 1.165) is 61.2 Å². The second-order valence-electron chi connectivity index (χ2n) is 6.94. The highest BCUT2D eigenvalue weighted by Crippen LogP contribution is 2.26. The standard InChI is InChI=1S/C19H26N6O3S/c26-15(13-28-19-18(22-29-23-19)24-8-10-27-11-9-24)12-20-6-3-7-25-14-21-16-4-1-2-5-17(16)25/h1-2,4-5,14-15,20,26H,3,6-13H2. The molecule has 29 heavy (non-hydrogen) atoms. The maximum atomic E-state index is 10.2. The van der Waals surface area contributed by atoms with Gasteiger partial charge < -0.3 is 29.4 Å². The van der Waals surface area contributed by atoms with Crippen LogP contribution in [0.4, 0.5) is 5.82 Å². The molecule has 1 aromatic carbocycles.